The number of amides is 1. The predicted octanol–water partition coefficient (Wildman–Crippen LogP) is 5.86. The van der Waals surface area contributed by atoms with Gasteiger partial charge in [-0.05, 0) is 60.7 Å². The maximum atomic E-state index is 13.0. The quantitative estimate of drug-likeness (QED) is 0.346. The van der Waals surface area contributed by atoms with Gasteiger partial charge in [0.2, 0.25) is 5.91 Å². The monoisotopic (exact) mass is 500 g/mol. The van der Waals surface area contributed by atoms with Crippen LogP contribution in [0.3, 0.4) is 0 Å². The smallest absolute Gasteiger partial charge is 0.416 e. The number of ether oxygens (including phenoxy) is 2. The van der Waals surface area contributed by atoms with E-state index in [9.17, 15) is 18.0 Å². The van der Waals surface area contributed by atoms with Crippen molar-refractivity contribution in [1.82, 2.24) is 10.6 Å². The van der Waals surface area contributed by atoms with Gasteiger partial charge in [-0.25, -0.2) is 0 Å². The number of halogens is 3. The lowest BCUT2D eigenvalue weighted by Gasteiger charge is -2.27. The molecule has 0 aromatic heterocycles. The average Bonchev–Trinajstić information content (AvgIpc) is 2.88. The van der Waals surface area contributed by atoms with Crippen molar-refractivity contribution in [3.8, 4) is 11.5 Å². The summed E-state index contributed by atoms with van der Waals surface area (Å²) in [6.45, 7) is 2.34. The molecule has 36 heavy (non-hydrogen) atoms. The first-order valence-corrected chi connectivity index (χ1v) is 11.7. The minimum absolute atomic E-state index is 0.163. The van der Waals surface area contributed by atoms with Crippen molar-refractivity contribution >= 4 is 5.91 Å². The van der Waals surface area contributed by atoms with E-state index in [1.54, 1.807) is 20.3 Å². The molecule has 3 aromatic rings. The second-order valence-electron chi connectivity index (χ2n) is 8.31. The molecule has 0 saturated heterocycles. The highest BCUT2D eigenvalue weighted by Crippen LogP contribution is 2.33. The zero-order chi connectivity index (χ0) is 26.1. The van der Waals surface area contributed by atoms with Crippen LogP contribution in [-0.2, 0) is 17.4 Å². The summed E-state index contributed by atoms with van der Waals surface area (Å²) in [6, 6.07) is 19.2. The summed E-state index contributed by atoms with van der Waals surface area (Å²) < 4.78 is 49.7. The van der Waals surface area contributed by atoms with Crippen LogP contribution < -0.4 is 20.1 Å². The van der Waals surface area contributed by atoms with Gasteiger partial charge in [0.15, 0.2) is 11.5 Å². The van der Waals surface area contributed by atoms with Crippen LogP contribution in [0.15, 0.2) is 72.8 Å². The zero-order valence-corrected chi connectivity index (χ0v) is 20.6. The molecular weight excluding hydrogens is 469 g/mol. The number of rotatable bonds is 11. The first-order chi connectivity index (χ1) is 17.3. The second kappa shape index (κ2) is 12.4. The zero-order valence-electron chi connectivity index (χ0n) is 20.6. The molecule has 0 bridgehead atoms. The number of benzene rings is 3. The molecule has 0 fully saturated rings. The maximum Gasteiger partial charge on any atom is 0.416 e. The van der Waals surface area contributed by atoms with Gasteiger partial charge in [-0.3, -0.25) is 10.1 Å². The average molecular weight is 501 g/mol. The number of methoxy groups -OCH3 is 2. The lowest BCUT2D eigenvalue weighted by molar-refractivity contribution is -0.137. The Hall–Kier alpha value is -3.52. The second-order valence-corrected chi connectivity index (χ2v) is 8.31. The minimum atomic E-state index is -4.38. The maximum absolute atomic E-state index is 13.0. The van der Waals surface area contributed by atoms with Crippen LogP contribution in [0.25, 0.3) is 0 Å². The Kier molecular flexibility index (Phi) is 9.36. The lowest BCUT2D eigenvalue weighted by atomic mass is 9.95. The molecule has 0 aliphatic carbocycles. The van der Waals surface area contributed by atoms with Gasteiger partial charge in [-0.1, -0.05) is 48.5 Å². The van der Waals surface area contributed by atoms with E-state index in [2.05, 4.69) is 10.6 Å². The first kappa shape index (κ1) is 27.1. The Morgan fingerprint density at radius 2 is 1.56 bits per heavy atom. The van der Waals surface area contributed by atoms with Crippen molar-refractivity contribution in [2.24, 2.45) is 0 Å². The topological polar surface area (TPSA) is 59.6 Å². The van der Waals surface area contributed by atoms with Gasteiger partial charge in [0.05, 0.1) is 19.8 Å². The van der Waals surface area contributed by atoms with E-state index < -0.39 is 17.8 Å². The Labute approximate surface area is 209 Å². The van der Waals surface area contributed by atoms with Crippen LogP contribution in [0.2, 0.25) is 0 Å². The van der Waals surface area contributed by atoms with Crippen molar-refractivity contribution in [3.05, 3.63) is 95.1 Å². The standard InChI is InChI=1S/C28H31F3N2O3/c1-4-32-27(34)26(20-8-6-5-7-9-20)33-23(21-13-17-24(35-2)25(18-21)36-3)16-12-19-10-14-22(15-11-19)28(29,30)31/h5-11,13-15,17-18,23,26,33H,4,12,16H2,1-3H3,(H,32,34)/t23-,26-/m1/s1. The van der Waals surface area contributed by atoms with Gasteiger partial charge < -0.3 is 14.8 Å². The molecule has 0 aliphatic heterocycles. The van der Waals surface area contributed by atoms with Gasteiger partial charge >= 0.3 is 6.18 Å². The molecule has 1 amide bonds. The van der Waals surface area contributed by atoms with Gasteiger partial charge in [0.25, 0.3) is 0 Å². The highest BCUT2D eigenvalue weighted by Gasteiger charge is 2.30. The fraction of sp³-hybridized carbons (Fsp3) is 0.321. The number of alkyl halides is 3. The third-order valence-electron chi connectivity index (χ3n) is 5.93. The number of hydrogen-bond acceptors (Lipinski definition) is 4. The fourth-order valence-corrected chi connectivity index (χ4v) is 4.03. The molecule has 0 radical (unpaired) electrons. The number of carbonyl (C=O) groups is 1. The van der Waals surface area contributed by atoms with E-state index in [-0.39, 0.29) is 11.9 Å². The van der Waals surface area contributed by atoms with Crippen molar-refractivity contribution in [3.63, 3.8) is 0 Å². The highest BCUT2D eigenvalue weighted by molar-refractivity contribution is 5.83. The summed E-state index contributed by atoms with van der Waals surface area (Å²) in [4.78, 5) is 13.0. The number of nitrogens with one attached hydrogen (secondary N) is 2. The molecule has 2 atom stereocenters. The number of hydrogen-bond donors (Lipinski definition) is 2. The molecule has 0 aliphatic rings. The van der Waals surface area contributed by atoms with E-state index >= 15 is 0 Å². The lowest BCUT2D eigenvalue weighted by Crippen LogP contribution is -2.39. The van der Waals surface area contributed by atoms with Crippen LogP contribution >= 0.6 is 0 Å². The summed E-state index contributed by atoms with van der Waals surface area (Å²) in [6.07, 6.45) is -3.34. The summed E-state index contributed by atoms with van der Waals surface area (Å²) in [7, 11) is 3.10. The molecule has 3 rings (SSSR count). The molecule has 3 aromatic carbocycles. The van der Waals surface area contributed by atoms with E-state index in [1.807, 2.05) is 49.4 Å². The van der Waals surface area contributed by atoms with Gasteiger partial charge in [-0.15, -0.1) is 0 Å². The van der Waals surface area contributed by atoms with E-state index in [0.29, 0.717) is 30.9 Å². The Morgan fingerprint density at radius 1 is 0.889 bits per heavy atom. The largest absolute Gasteiger partial charge is 0.493 e. The molecule has 5 nitrogen and oxygen atoms in total. The molecule has 0 heterocycles. The predicted molar refractivity (Wildman–Crippen MR) is 133 cm³/mol. The van der Waals surface area contributed by atoms with Crippen molar-refractivity contribution in [1.29, 1.82) is 0 Å². The first-order valence-electron chi connectivity index (χ1n) is 11.7. The molecule has 0 spiro atoms. The van der Waals surface area contributed by atoms with Crippen LogP contribution in [0.4, 0.5) is 13.2 Å². The number of likely N-dealkylation sites (N-methyl/N-ethyl adjacent to an activating group) is 1. The highest BCUT2D eigenvalue weighted by atomic mass is 19.4. The molecule has 2 N–H and O–H groups in total. The number of aryl methyl sites for hydroxylation is 1. The molecule has 0 saturated carbocycles. The van der Waals surface area contributed by atoms with Gasteiger partial charge in [-0.2, -0.15) is 13.2 Å². The van der Waals surface area contributed by atoms with Gasteiger partial charge in [0.1, 0.15) is 6.04 Å². The van der Waals surface area contributed by atoms with Crippen molar-refractivity contribution in [2.75, 3.05) is 20.8 Å². The summed E-state index contributed by atoms with van der Waals surface area (Å²) in [5.41, 5.74) is 1.76. The van der Waals surface area contributed by atoms with E-state index in [1.165, 1.54) is 12.1 Å². The van der Waals surface area contributed by atoms with E-state index in [0.717, 1.165) is 28.8 Å². The molecular formula is C28H31F3N2O3. The van der Waals surface area contributed by atoms with Crippen LogP contribution in [-0.4, -0.2) is 26.7 Å². The Bertz CT molecular complexity index is 1120. The fourth-order valence-electron chi connectivity index (χ4n) is 4.03. The van der Waals surface area contributed by atoms with E-state index in [4.69, 9.17) is 9.47 Å². The van der Waals surface area contributed by atoms with Crippen LogP contribution in [0.1, 0.15) is 47.7 Å². The van der Waals surface area contributed by atoms with Crippen LogP contribution in [0, 0.1) is 0 Å². The molecule has 8 heteroatoms. The normalized spacial score (nSPS) is 13.1. The summed E-state index contributed by atoms with van der Waals surface area (Å²) in [5, 5.41) is 6.36. The van der Waals surface area contributed by atoms with Gasteiger partial charge in [0, 0.05) is 12.6 Å². The van der Waals surface area contributed by atoms with Crippen molar-refractivity contribution < 1.29 is 27.4 Å². The molecule has 0 unspecified atom stereocenters. The minimum Gasteiger partial charge on any atom is -0.493 e. The summed E-state index contributed by atoms with van der Waals surface area (Å²) in [5.74, 6) is 0.959. The third-order valence-corrected chi connectivity index (χ3v) is 5.93. The third kappa shape index (κ3) is 7.01. The molecule has 192 valence electrons. The Morgan fingerprint density at radius 3 is 2.14 bits per heavy atom. The Balaban J connectivity index is 1.92. The van der Waals surface area contributed by atoms with Crippen LogP contribution in [0.5, 0.6) is 11.5 Å². The SMILES string of the molecule is CCNC(=O)[C@H](N[C@H](CCc1ccc(C(F)(F)F)cc1)c1ccc(OC)c(OC)c1)c1ccccc1. The van der Waals surface area contributed by atoms with Crippen molar-refractivity contribution in [2.45, 2.75) is 38.0 Å². The summed E-state index contributed by atoms with van der Waals surface area (Å²) >= 11 is 0. The number of carbonyl (C=O) groups excluding carboxylic acids is 1.